The molecule has 1 fully saturated rings. The molecule has 0 bridgehead atoms. The van der Waals surface area contributed by atoms with E-state index in [4.69, 9.17) is 12.6 Å². The summed E-state index contributed by atoms with van der Waals surface area (Å²) in [6.45, 7) is 17.6. The molecule has 0 radical (unpaired) electrons. The Morgan fingerprint density at radius 2 is 1.24 bits per heavy atom. The smallest absolute Gasteiger partial charge is 0.123 e. The lowest BCUT2D eigenvalue weighted by molar-refractivity contribution is -0.226. The molecule has 1 aliphatic carbocycles. The second-order valence-electron chi connectivity index (χ2n) is 7.89. The van der Waals surface area contributed by atoms with Crippen molar-refractivity contribution in [3.05, 3.63) is 0 Å². The van der Waals surface area contributed by atoms with E-state index < -0.39 is 5.60 Å². The molecule has 3 atom stereocenters. The van der Waals surface area contributed by atoms with Crippen LogP contribution in [0.4, 0.5) is 0 Å². The van der Waals surface area contributed by atoms with Crippen molar-refractivity contribution >= 4 is 20.5 Å². The number of rotatable bonds is 0. The van der Waals surface area contributed by atoms with Crippen LogP contribution in [0.25, 0.3) is 0 Å². The Hall–Kier alpha value is 0.375. The Balaban J connectivity index is 3.56. The minimum Gasteiger partial charge on any atom is -0.389 e. The molecule has 17 heavy (non-hydrogen) atoms. The number of hydrogen-bond donors (Lipinski definition) is 2. The van der Waals surface area contributed by atoms with Crippen LogP contribution in [-0.4, -0.2) is 23.2 Å². The molecule has 1 N–H and O–H groups in total. The van der Waals surface area contributed by atoms with Crippen LogP contribution in [0.1, 0.15) is 55.4 Å². The van der Waals surface area contributed by atoms with Crippen LogP contribution >= 0.6 is 12.6 Å². The minimum atomic E-state index is -0.720. The van der Waals surface area contributed by atoms with Crippen molar-refractivity contribution in [2.24, 2.45) is 22.2 Å². The van der Waals surface area contributed by atoms with Crippen LogP contribution in [0.2, 0.25) is 0 Å². The van der Waals surface area contributed by atoms with E-state index in [-0.39, 0.29) is 26.8 Å². The SMILES string of the molecule is BC1(S)C(C)C(C)(O)C(C)(C)C(C)(C)C1(C)C. The van der Waals surface area contributed by atoms with Crippen LogP contribution < -0.4 is 0 Å². The number of thiol groups is 1. The highest BCUT2D eigenvalue weighted by Crippen LogP contribution is 2.68. The first-order valence-corrected chi connectivity index (χ1v) is 7.05. The van der Waals surface area contributed by atoms with Crippen LogP contribution in [0.3, 0.4) is 0 Å². The van der Waals surface area contributed by atoms with Gasteiger partial charge in [-0.3, -0.25) is 0 Å². The van der Waals surface area contributed by atoms with Crippen molar-refractivity contribution in [2.75, 3.05) is 0 Å². The molecule has 1 rings (SSSR count). The molecule has 0 heterocycles. The third-order valence-corrected chi connectivity index (χ3v) is 8.29. The van der Waals surface area contributed by atoms with Gasteiger partial charge in [-0.25, -0.2) is 0 Å². The quantitative estimate of drug-likeness (QED) is 0.504. The van der Waals surface area contributed by atoms with Crippen molar-refractivity contribution in [1.82, 2.24) is 0 Å². The van der Waals surface area contributed by atoms with Crippen LogP contribution in [0.15, 0.2) is 0 Å². The molecule has 0 saturated heterocycles. The maximum absolute atomic E-state index is 11.0. The summed E-state index contributed by atoms with van der Waals surface area (Å²) in [6, 6.07) is 0. The molecule has 1 aliphatic rings. The summed E-state index contributed by atoms with van der Waals surface area (Å²) in [7, 11) is 2.17. The molecular formula is C14H29BOS. The number of aliphatic hydroxyl groups is 1. The second-order valence-corrected chi connectivity index (χ2v) is 8.82. The molecule has 0 aromatic heterocycles. The van der Waals surface area contributed by atoms with E-state index in [1.807, 2.05) is 6.92 Å². The van der Waals surface area contributed by atoms with Gasteiger partial charge in [-0.05, 0) is 33.7 Å². The lowest BCUT2D eigenvalue weighted by Gasteiger charge is -2.71. The Labute approximate surface area is 114 Å². The third-order valence-electron chi connectivity index (χ3n) is 7.34. The van der Waals surface area contributed by atoms with Gasteiger partial charge in [0.25, 0.3) is 0 Å². The molecule has 0 aliphatic heterocycles. The van der Waals surface area contributed by atoms with E-state index in [0.717, 1.165) is 0 Å². The lowest BCUT2D eigenvalue weighted by atomic mass is 9.35. The van der Waals surface area contributed by atoms with E-state index >= 15 is 0 Å². The van der Waals surface area contributed by atoms with Crippen LogP contribution in [0.5, 0.6) is 0 Å². The zero-order chi connectivity index (χ0) is 14.1. The highest BCUT2D eigenvalue weighted by atomic mass is 32.1. The fourth-order valence-electron chi connectivity index (χ4n) is 3.68. The number of hydrogen-bond acceptors (Lipinski definition) is 2. The average molecular weight is 256 g/mol. The van der Waals surface area contributed by atoms with E-state index in [0.29, 0.717) is 0 Å². The maximum atomic E-state index is 11.0. The average Bonchev–Trinajstić information content (AvgIpc) is 2.13. The first kappa shape index (κ1) is 15.4. The van der Waals surface area contributed by atoms with Crippen molar-refractivity contribution in [1.29, 1.82) is 0 Å². The molecule has 1 nitrogen and oxygen atoms in total. The van der Waals surface area contributed by atoms with Crippen molar-refractivity contribution < 1.29 is 5.11 Å². The Bertz CT molecular complexity index is 299. The minimum absolute atomic E-state index is 0.00743. The standard InChI is InChI=1S/C14H29BOS/c1-9-13(8,16)11(4,5)10(2,3)12(6,7)14(9,15)17/h9,16-17H,15H2,1-8H3. The third kappa shape index (κ3) is 1.45. The van der Waals surface area contributed by atoms with E-state index in [1.165, 1.54) is 0 Å². The molecule has 1 saturated carbocycles. The van der Waals surface area contributed by atoms with E-state index in [1.54, 1.807) is 0 Å². The summed E-state index contributed by atoms with van der Waals surface area (Å²) in [5.41, 5.74) is -0.853. The van der Waals surface area contributed by atoms with Crippen molar-refractivity contribution in [3.63, 3.8) is 0 Å². The van der Waals surface area contributed by atoms with Gasteiger partial charge >= 0.3 is 0 Å². The summed E-state index contributed by atoms with van der Waals surface area (Å²) in [5, 5.41) is 11.0. The van der Waals surface area contributed by atoms with Gasteiger partial charge in [0.15, 0.2) is 0 Å². The summed E-state index contributed by atoms with van der Waals surface area (Å²) in [4.78, 5) is 0. The Morgan fingerprint density at radius 3 is 1.59 bits per heavy atom. The highest BCUT2D eigenvalue weighted by Gasteiger charge is 2.69. The fraction of sp³-hybridized carbons (Fsp3) is 1.00. The second kappa shape index (κ2) is 3.48. The largest absolute Gasteiger partial charge is 0.389 e. The molecule has 0 spiro atoms. The highest BCUT2D eigenvalue weighted by molar-refractivity contribution is 7.83. The zero-order valence-electron chi connectivity index (χ0n) is 13.0. The van der Waals surface area contributed by atoms with Crippen LogP contribution in [-0.2, 0) is 0 Å². The lowest BCUT2D eigenvalue weighted by Crippen LogP contribution is -2.73. The molecule has 0 amide bonds. The van der Waals surface area contributed by atoms with Crippen molar-refractivity contribution in [3.8, 4) is 0 Å². The van der Waals surface area contributed by atoms with Gasteiger partial charge in [-0.2, -0.15) is 12.6 Å². The molecule has 100 valence electrons. The van der Waals surface area contributed by atoms with Gasteiger partial charge in [0.05, 0.1) is 5.60 Å². The van der Waals surface area contributed by atoms with Gasteiger partial charge in [0, 0.05) is 0 Å². The topological polar surface area (TPSA) is 20.2 Å². The van der Waals surface area contributed by atoms with Gasteiger partial charge < -0.3 is 5.11 Å². The summed E-state index contributed by atoms with van der Waals surface area (Å²) < 4.78 is -0.199. The molecular weight excluding hydrogens is 227 g/mol. The van der Waals surface area contributed by atoms with Gasteiger partial charge in [0.2, 0.25) is 0 Å². The summed E-state index contributed by atoms with van der Waals surface area (Å²) >= 11 is 4.94. The van der Waals surface area contributed by atoms with Gasteiger partial charge in [0.1, 0.15) is 7.85 Å². The zero-order valence-corrected chi connectivity index (χ0v) is 13.9. The predicted octanol–water partition coefficient (Wildman–Crippen LogP) is 2.72. The predicted molar refractivity (Wildman–Crippen MR) is 81.4 cm³/mol. The molecule has 3 heteroatoms. The van der Waals surface area contributed by atoms with Gasteiger partial charge in [-0.15, -0.1) is 0 Å². The van der Waals surface area contributed by atoms with E-state index in [2.05, 4.69) is 56.3 Å². The first-order valence-electron chi connectivity index (χ1n) is 6.60. The molecule has 0 aromatic rings. The normalized spacial score (nSPS) is 47.8. The van der Waals surface area contributed by atoms with Crippen molar-refractivity contribution in [2.45, 2.75) is 65.6 Å². The monoisotopic (exact) mass is 256 g/mol. The Kier molecular flexibility index (Phi) is 3.15. The summed E-state index contributed by atoms with van der Waals surface area (Å²) in [6.07, 6.45) is 0. The molecule has 0 aromatic carbocycles. The Morgan fingerprint density at radius 1 is 0.882 bits per heavy atom. The fourth-order valence-corrected chi connectivity index (χ4v) is 4.21. The molecule has 3 unspecified atom stereocenters. The summed E-state index contributed by atoms with van der Waals surface area (Å²) in [5.74, 6) is 0.136. The maximum Gasteiger partial charge on any atom is 0.123 e. The van der Waals surface area contributed by atoms with E-state index in [9.17, 15) is 5.11 Å². The first-order chi connectivity index (χ1) is 7.15. The van der Waals surface area contributed by atoms with Crippen LogP contribution in [0, 0.1) is 22.2 Å². The van der Waals surface area contributed by atoms with Gasteiger partial charge in [-0.1, -0.05) is 48.5 Å².